The number of halogens is 1. The highest BCUT2D eigenvalue weighted by Crippen LogP contribution is 2.38. The molecular formula is C18H27FN2. The van der Waals surface area contributed by atoms with Crippen molar-refractivity contribution in [3.63, 3.8) is 0 Å². The van der Waals surface area contributed by atoms with Gasteiger partial charge in [0.1, 0.15) is 5.82 Å². The third-order valence-corrected chi connectivity index (χ3v) is 5.14. The van der Waals surface area contributed by atoms with E-state index in [4.69, 9.17) is 0 Å². The summed E-state index contributed by atoms with van der Waals surface area (Å²) in [6, 6.07) is 6.40. The molecule has 3 heteroatoms. The maximum Gasteiger partial charge on any atom is 0.123 e. The Morgan fingerprint density at radius 3 is 2.71 bits per heavy atom. The number of hydrogen-bond donors (Lipinski definition) is 1. The molecule has 1 N–H and O–H groups in total. The third kappa shape index (κ3) is 3.29. The van der Waals surface area contributed by atoms with Crippen molar-refractivity contribution in [3.8, 4) is 0 Å². The summed E-state index contributed by atoms with van der Waals surface area (Å²) in [6.45, 7) is 8.08. The molecule has 0 radical (unpaired) electrons. The summed E-state index contributed by atoms with van der Waals surface area (Å²) in [5.41, 5.74) is 2.58. The molecule has 21 heavy (non-hydrogen) atoms. The third-order valence-electron chi connectivity index (χ3n) is 5.14. The van der Waals surface area contributed by atoms with Gasteiger partial charge in [0.25, 0.3) is 0 Å². The molecule has 2 aliphatic rings. The van der Waals surface area contributed by atoms with Crippen LogP contribution in [-0.2, 0) is 6.42 Å². The lowest BCUT2D eigenvalue weighted by Crippen LogP contribution is -2.41. The lowest BCUT2D eigenvalue weighted by atomic mass is 9.95. The summed E-state index contributed by atoms with van der Waals surface area (Å²) in [5.74, 6) is 0.710. The Morgan fingerprint density at radius 1 is 1.24 bits per heavy atom. The van der Waals surface area contributed by atoms with Gasteiger partial charge in [-0.1, -0.05) is 6.07 Å². The van der Waals surface area contributed by atoms with E-state index in [0.29, 0.717) is 12.1 Å². The SMILES string of the molecule is CC(C)N(CC1CCNCC1)C1CCc2cc(F)ccc21. The molecule has 1 aromatic rings. The molecular weight excluding hydrogens is 263 g/mol. The Hall–Kier alpha value is -0.930. The van der Waals surface area contributed by atoms with E-state index in [1.165, 1.54) is 30.5 Å². The lowest BCUT2D eigenvalue weighted by molar-refractivity contribution is 0.116. The minimum Gasteiger partial charge on any atom is -0.317 e. The Morgan fingerprint density at radius 2 is 2.00 bits per heavy atom. The first kappa shape index (κ1) is 15.0. The maximum atomic E-state index is 13.4. The molecule has 116 valence electrons. The fourth-order valence-corrected chi connectivity index (χ4v) is 3.97. The van der Waals surface area contributed by atoms with Crippen LogP contribution in [0.15, 0.2) is 18.2 Å². The van der Waals surface area contributed by atoms with Crippen molar-refractivity contribution < 1.29 is 4.39 Å². The maximum absolute atomic E-state index is 13.4. The quantitative estimate of drug-likeness (QED) is 0.912. The first-order valence-corrected chi connectivity index (χ1v) is 8.40. The topological polar surface area (TPSA) is 15.3 Å². The zero-order valence-electron chi connectivity index (χ0n) is 13.2. The fraction of sp³-hybridized carbons (Fsp3) is 0.667. The number of benzene rings is 1. The first-order chi connectivity index (χ1) is 10.1. The average Bonchev–Trinajstić information content (AvgIpc) is 2.88. The van der Waals surface area contributed by atoms with E-state index in [1.54, 1.807) is 12.1 Å². The summed E-state index contributed by atoms with van der Waals surface area (Å²) < 4.78 is 13.4. The van der Waals surface area contributed by atoms with Gasteiger partial charge in [0.2, 0.25) is 0 Å². The Kier molecular flexibility index (Phi) is 4.60. The average molecular weight is 290 g/mol. The van der Waals surface area contributed by atoms with E-state index in [-0.39, 0.29) is 5.82 Å². The smallest absolute Gasteiger partial charge is 0.123 e. The zero-order valence-corrected chi connectivity index (χ0v) is 13.2. The summed E-state index contributed by atoms with van der Waals surface area (Å²) >= 11 is 0. The van der Waals surface area contributed by atoms with Crippen LogP contribution in [0.4, 0.5) is 4.39 Å². The molecule has 0 spiro atoms. The zero-order chi connectivity index (χ0) is 14.8. The Labute approximate surface area is 127 Å². The van der Waals surface area contributed by atoms with Crippen molar-refractivity contribution >= 4 is 0 Å². The summed E-state index contributed by atoms with van der Waals surface area (Å²) in [4.78, 5) is 2.65. The Balaban J connectivity index is 1.76. The highest BCUT2D eigenvalue weighted by Gasteiger charge is 2.31. The predicted octanol–water partition coefficient (Wildman–Crippen LogP) is 3.52. The van der Waals surface area contributed by atoms with Gasteiger partial charge in [-0.05, 0) is 81.8 Å². The molecule has 1 saturated heterocycles. The van der Waals surface area contributed by atoms with Crippen LogP contribution in [0.3, 0.4) is 0 Å². The molecule has 0 aromatic heterocycles. The van der Waals surface area contributed by atoms with Gasteiger partial charge in [-0.2, -0.15) is 0 Å². The highest BCUT2D eigenvalue weighted by molar-refractivity contribution is 5.35. The summed E-state index contributed by atoms with van der Waals surface area (Å²) in [6.07, 6.45) is 4.73. The van der Waals surface area contributed by atoms with Crippen LogP contribution in [-0.4, -0.2) is 30.6 Å². The second kappa shape index (κ2) is 6.45. The normalized spacial score (nSPS) is 23.0. The van der Waals surface area contributed by atoms with Crippen molar-refractivity contribution in [3.05, 3.63) is 35.1 Å². The van der Waals surface area contributed by atoms with E-state index in [0.717, 1.165) is 31.8 Å². The molecule has 3 rings (SSSR count). The van der Waals surface area contributed by atoms with Gasteiger partial charge in [-0.15, -0.1) is 0 Å². The van der Waals surface area contributed by atoms with E-state index >= 15 is 0 Å². The fourth-order valence-electron chi connectivity index (χ4n) is 3.97. The lowest BCUT2D eigenvalue weighted by Gasteiger charge is -2.37. The molecule has 1 unspecified atom stereocenters. The Bertz CT molecular complexity index is 480. The van der Waals surface area contributed by atoms with Crippen LogP contribution in [0.25, 0.3) is 0 Å². The minimum atomic E-state index is -0.0937. The number of nitrogens with zero attached hydrogens (tertiary/aromatic N) is 1. The van der Waals surface area contributed by atoms with Gasteiger partial charge in [-0.3, -0.25) is 4.90 Å². The number of nitrogens with one attached hydrogen (secondary N) is 1. The number of piperidine rings is 1. The number of rotatable bonds is 4. The molecule has 0 amide bonds. The second-order valence-electron chi connectivity index (χ2n) is 6.88. The van der Waals surface area contributed by atoms with Crippen LogP contribution in [0.5, 0.6) is 0 Å². The van der Waals surface area contributed by atoms with Crippen molar-refractivity contribution in [2.45, 2.75) is 51.6 Å². The highest BCUT2D eigenvalue weighted by atomic mass is 19.1. The first-order valence-electron chi connectivity index (χ1n) is 8.40. The van der Waals surface area contributed by atoms with Crippen molar-refractivity contribution in [1.29, 1.82) is 0 Å². The van der Waals surface area contributed by atoms with Crippen LogP contribution in [0.1, 0.15) is 50.3 Å². The number of fused-ring (bicyclic) bond motifs is 1. The van der Waals surface area contributed by atoms with Crippen LogP contribution in [0, 0.1) is 11.7 Å². The standard InChI is InChI=1S/C18H27FN2/c1-13(2)21(12-14-7-9-20-10-8-14)18-6-3-15-11-16(19)4-5-17(15)18/h4-5,11,13-14,18,20H,3,6-10,12H2,1-2H3. The largest absolute Gasteiger partial charge is 0.317 e. The van der Waals surface area contributed by atoms with E-state index < -0.39 is 0 Å². The van der Waals surface area contributed by atoms with Gasteiger partial charge in [-0.25, -0.2) is 4.39 Å². The predicted molar refractivity (Wildman–Crippen MR) is 84.9 cm³/mol. The van der Waals surface area contributed by atoms with E-state index in [2.05, 4.69) is 24.1 Å². The second-order valence-corrected chi connectivity index (χ2v) is 6.88. The molecule has 0 bridgehead atoms. The van der Waals surface area contributed by atoms with E-state index in [1.807, 2.05) is 6.07 Å². The molecule has 2 nitrogen and oxygen atoms in total. The molecule has 1 aliphatic carbocycles. The molecule has 0 saturated carbocycles. The molecule has 1 heterocycles. The monoisotopic (exact) mass is 290 g/mol. The molecule has 1 atom stereocenters. The van der Waals surface area contributed by atoms with Gasteiger partial charge in [0.05, 0.1) is 0 Å². The van der Waals surface area contributed by atoms with Crippen molar-refractivity contribution in [2.24, 2.45) is 5.92 Å². The van der Waals surface area contributed by atoms with Crippen LogP contribution < -0.4 is 5.32 Å². The van der Waals surface area contributed by atoms with Gasteiger partial charge in [0, 0.05) is 18.6 Å². The summed E-state index contributed by atoms with van der Waals surface area (Å²) in [5, 5.41) is 3.45. The van der Waals surface area contributed by atoms with Crippen LogP contribution >= 0.6 is 0 Å². The number of hydrogen-bond acceptors (Lipinski definition) is 2. The molecule has 1 aliphatic heterocycles. The van der Waals surface area contributed by atoms with Crippen molar-refractivity contribution in [1.82, 2.24) is 10.2 Å². The minimum absolute atomic E-state index is 0.0937. The molecule has 1 aromatic carbocycles. The van der Waals surface area contributed by atoms with Gasteiger partial charge in [0.15, 0.2) is 0 Å². The van der Waals surface area contributed by atoms with Crippen molar-refractivity contribution in [2.75, 3.05) is 19.6 Å². The van der Waals surface area contributed by atoms with E-state index in [9.17, 15) is 4.39 Å². The summed E-state index contributed by atoms with van der Waals surface area (Å²) in [7, 11) is 0. The van der Waals surface area contributed by atoms with Gasteiger partial charge >= 0.3 is 0 Å². The van der Waals surface area contributed by atoms with Crippen LogP contribution in [0.2, 0.25) is 0 Å². The van der Waals surface area contributed by atoms with Gasteiger partial charge < -0.3 is 5.32 Å². The molecule has 1 fully saturated rings. The number of aryl methyl sites for hydroxylation is 1.